The van der Waals surface area contributed by atoms with E-state index < -0.39 is 17.8 Å². The van der Waals surface area contributed by atoms with Gasteiger partial charge in [0.15, 0.2) is 11.5 Å². The number of carbonyl (C=O) groups is 2. The Balaban J connectivity index is 1.32. The van der Waals surface area contributed by atoms with E-state index in [2.05, 4.69) is 10.6 Å². The summed E-state index contributed by atoms with van der Waals surface area (Å²) in [5, 5.41) is 35.0. The smallest absolute Gasteiger partial charge is 0.367 e. The van der Waals surface area contributed by atoms with Crippen molar-refractivity contribution in [1.82, 2.24) is 0 Å². The molecule has 1 aromatic heterocycles. The second kappa shape index (κ2) is 8.58. The minimum absolute atomic E-state index is 0.0708. The highest BCUT2D eigenvalue weighted by atomic mass is 32.1. The quantitative estimate of drug-likeness (QED) is 0.257. The molecule has 0 radical (unpaired) electrons. The van der Waals surface area contributed by atoms with E-state index in [4.69, 9.17) is 9.47 Å². The van der Waals surface area contributed by atoms with Crippen molar-refractivity contribution in [2.45, 2.75) is 6.92 Å². The van der Waals surface area contributed by atoms with Crippen LogP contribution in [0.4, 0.5) is 11.4 Å². The Kier molecular flexibility index (Phi) is 5.42. The summed E-state index contributed by atoms with van der Waals surface area (Å²) in [5.74, 6) is -1.98. The molecule has 176 valence electrons. The second-order valence-electron chi connectivity index (χ2n) is 7.75. The van der Waals surface area contributed by atoms with Crippen molar-refractivity contribution in [3.05, 3.63) is 88.6 Å². The number of aliphatic hydroxyl groups is 2. The van der Waals surface area contributed by atoms with Crippen LogP contribution in [0.2, 0.25) is 0 Å². The van der Waals surface area contributed by atoms with Crippen LogP contribution in [-0.2, 0) is 0 Å². The summed E-state index contributed by atoms with van der Waals surface area (Å²) in [6.45, 7) is 1.83. The van der Waals surface area contributed by atoms with Gasteiger partial charge in [-0.2, -0.15) is 0 Å². The Labute approximate surface area is 202 Å². The van der Waals surface area contributed by atoms with Crippen LogP contribution in [0.15, 0.2) is 72.6 Å². The number of hydrogen-bond acceptors (Lipinski definition) is 8. The van der Waals surface area contributed by atoms with E-state index >= 15 is 0 Å². The molecule has 0 saturated carbocycles. The number of nitrogens with one attached hydrogen (secondary N) is 2. The number of carbonyl (C=O) groups excluding carboxylic acids is 2. The number of fused-ring (bicyclic) bond motifs is 2. The van der Waals surface area contributed by atoms with Crippen LogP contribution < -0.4 is 20.1 Å². The van der Waals surface area contributed by atoms with Gasteiger partial charge in [0.2, 0.25) is 0 Å². The minimum atomic E-state index is -0.801. The molecule has 1 aliphatic rings. The monoisotopic (exact) mass is 490 g/mol. The predicted molar refractivity (Wildman–Crippen MR) is 131 cm³/mol. The maximum atomic E-state index is 12.8. The Hall–Kier alpha value is -4.70. The molecular formula is C25H18N2O7S. The van der Waals surface area contributed by atoms with E-state index in [0.717, 1.165) is 15.6 Å². The predicted octanol–water partition coefficient (Wildman–Crippen LogP) is 5.43. The lowest BCUT2D eigenvalue weighted by atomic mass is 10.1. The van der Waals surface area contributed by atoms with Crippen molar-refractivity contribution in [1.29, 1.82) is 0 Å². The van der Waals surface area contributed by atoms with Gasteiger partial charge >= 0.3 is 11.9 Å². The van der Waals surface area contributed by atoms with Crippen LogP contribution in [0.25, 0.3) is 10.1 Å². The number of aromatic hydroxyl groups is 1. The van der Waals surface area contributed by atoms with E-state index in [9.17, 15) is 24.9 Å². The van der Waals surface area contributed by atoms with Gasteiger partial charge in [0.05, 0.1) is 4.88 Å². The van der Waals surface area contributed by atoms with Crippen molar-refractivity contribution in [3.63, 3.8) is 0 Å². The molecule has 35 heavy (non-hydrogen) atoms. The fourth-order valence-corrected chi connectivity index (χ4v) is 4.45. The van der Waals surface area contributed by atoms with Crippen molar-refractivity contribution < 1.29 is 34.4 Å². The van der Waals surface area contributed by atoms with E-state index in [1.807, 2.05) is 6.92 Å². The van der Waals surface area contributed by atoms with Crippen LogP contribution in [0.5, 0.6) is 17.2 Å². The van der Waals surface area contributed by atoms with Gasteiger partial charge in [0.1, 0.15) is 5.75 Å². The van der Waals surface area contributed by atoms with Crippen LogP contribution in [0, 0.1) is 6.92 Å². The standard InChI is InChI=1S/C25H18N2O7S/c1-12-2-5-15(26-22(29)14-4-7-18-19(8-14)34-25(32)24(31)33-18)10-17(12)27-23(30)21-9-13-3-6-16(28)11-20(13)35-21/h2-11,28,31-32H,1H3,(H,26,29)(H,27,30). The van der Waals surface area contributed by atoms with Gasteiger partial charge in [-0.25, -0.2) is 0 Å². The summed E-state index contributed by atoms with van der Waals surface area (Å²) in [7, 11) is 0. The lowest BCUT2D eigenvalue weighted by Gasteiger charge is -2.17. The topological polar surface area (TPSA) is 137 Å². The number of ether oxygens (including phenoxy) is 2. The first-order chi connectivity index (χ1) is 16.8. The maximum absolute atomic E-state index is 12.8. The zero-order valence-corrected chi connectivity index (χ0v) is 19.0. The number of hydrogen-bond donors (Lipinski definition) is 5. The molecule has 2 amide bonds. The summed E-state index contributed by atoms with van der Waals surface area (Å²) < 4.78 is 10.9. The Morgan fingerprint density at radius 2 is 1.57 bits per heavy atom. The highest BCUT2D eigenvalue weighted by Gasteiger charge is 2.22. The molecule has 9 nitrogen and oxygen atoms in total. The number of rotatable bonds is 4. The van der Waals surface area contributed by atoms with Crippen molar-refractivity contribution in [2.24, 2.45) is 0 Å². The molecule has 3 aromatic carbocycles. The molecule has 0 fully saturated rings. The third-order valence-corrected chi connectivity index (χ3v) is 6.37. The van der Waals surface area contributed by atoms with E-state index in [0.29, 0.717) is 16.3 Å². The largest absolute Gasteiger partial charge is 0.508 e. The number of aryl methyl sites for hydroxylation is 1. The molecule has 5 rings (SSSR count). The van der Waals surface area contributed by atoms with Crippen LogP contribution in [-0.4, -0.2) is 27.1 Å². The fraction of sp³-hybridized carbons (Fsp3) is 0.0400. The van der Waals surface area contributed by atoms with Gasteiger partial charge in [0, 0.05) is 21.6 Å². The molecule has 0 aliphatic carbocycles. The number of aliphatic hydroxyl groups excluding tert-OH is 2. The Bertz CT molecular complexity index is 1540. The van der Waals surface area contributed by atoms with Crippen molar-refractivity contribution >= 4 is 44.6 Å². The average Bonchev–Trinajstić information content (AvgIpc) is 3.25. The van der Waals surface area contributed by atoms with E-state index in [1.165, 1.54) is 29.5 Å². The zero-order chi connectivity index (χ0) is 24.7. The summed E-state index contributed by atoms with van der Waals surface area (Å²) in [5.41, 5.74) is 2.01. The Morgan fingerprint density at radius 3 is 2.37 bits per heavy atom. The van der Waals surface area contributed by atoms with E-state index in [1.54, 1.807) is 42.5 Å². The van der Waals surface area contributed by atoms with Gasteiger partial charge in [-0.05, 0) is 72.5 Å². The lowest BCUT2D eigenvalue weighted by molar-refractivity contribution is 0.0850. The van der Waals surface area contributed by atoms with Crippen LogP contribution in [0.1, 0.15) is 25.6 Å². The molecule has 0 atom stereocenters. The normalized spacial score (nSPS) is 12.5. The lowest BCUT2D eigenvalue weighted by Crippen LogP contribution is -2.15. The maximum Gasteiger partial charge on any atom is 0.367 e. The number of thiophene rings is 1. The molecule has 4 aromatic rings. The number of phenolic OH excluding ortho intramolecular Hbond substituents is 1. The van der Waals surface area contributed by atoms with Gasteiger partial charge in [-0.3, -0.25) is 9.59 Å². The third-order valence-electron chi connectivity index (χ3n) is 5.27. The van der Waals surface area contributed by atoms with Gasteiger partial charge in [-0.1, -0.05) is 6.07 Å². The molecule has 10 heteroatoms. The second-order valence-corrected chi connectivity index (χ2v) is 8.83. The average molecular weight is 490 g/mol. The van der Waals surface area contributed by atoms with Crippen molar-refractivity contribution in [2.75, 3.05) is 10.6 Å². The fourth-order valence-electron chi connectivity index (χ4n) is 3.46. The molecule has 0 spiro atoms. The van der Waals surface area contributed by atoms with Gasteiger partial charge in [-0.15, -0.1) is 11.3 Å². The number of amides is 2. The first kappa shape index (κ1) is 22.1. The van der Waals surface area contributed by atoms with E-state index in [-0.39, 0.29) is 28.7 Å². The van der Waals surface area contributed by atoms with Gasteiger partial charge < -0.3 is 35.4 Å². The highest BCUT2D eigenvalue weighted by Crippen LogP contribution is 2.35. The molecule has 5 N–H and O–H groups in total. The molecule has 0 saturated heterocycles. The van der Waals surface area contributed by atoms with Gasteiger partial charge in [0.25, 0.3) is 11.8 Å². The number of benzene rings is 3. The summed E-state index contributed by atoms with van der Waals surface area (Å²) in [6, 6.07) is 16.1. The minimum Gasteiger partial charge on any atom is -0.508 e. The molecule has 0 unspecified atom stereocenters. The molecule has 0 bridgehead atoms. The zero-order valence-electron chi connectivity index (χ0n) is 18.2. The Morgan fingerprint density at radius 1 is 0.800 bits per heavy atom. The number of anilines is 2. The van der Waals surface area contributed by atoms with Crippen LogP contribution >= 0.6 is 11.3 Å². The molecular weight excluding hydrogens is 472 g/mol. The first-order valence-corrected chi connectivity index (χ1v) is 11.2. The summed E-state index contributed by atoms with van der Waals surface area (Å²) >= 11 is 1.27. The van der Waals surface area contributed by atoms with Crippen molar-refractivity contribution in [3.8, 4) is 17.2 Å². The van der Waals surface area contributed by atoms with Crippen LogP contribution in [0.3, 0.4) is 0 Å². The first-order valence-electron chi connectivity index (χ1n) is 10.3. The molecule has 2 heterocycles. The SMILES string of the molecule is Cc1ccc(NC(=O)c2ccc3c(c2)OC(O)=C(O)O3)cc1NC(=O)c1cc2ccc(O)cc2s1. The molecule has 1 aliphatic heterocycles. The summed E-state index contributed by atoms with van der Waals surface area (Å²) in [6.07, 6.45) is 0. The third kappa shape index (κ3) is 4.42. The number of phenols is 1. The summed E-state index contributed by atoms with van der Waals surface area (Å²) in [4.78, 5) is 26.1. The highest BCUT2D eigenvalue weighted by molar-refractivity contribution is 7.20.